The molecule has 0 radical (unpaired) electrons. The first kappa shape index (κ1) is 10.3. The fourth-order valence-corrected chi connectivity index (χ4v) is 3.23. The number of hydrogen-bond acceptors (Lipinski definition) is 4. The van der Waals surface area contributed by atoms with Crippen molar-refractivity contribution in [3.63, 3.8) is 0 Å². The second-order valence-corrected chi connectivity index (χ2v) is 4.82. The van der Waals surface area contributed by atoms with Gasteiger partial charge in [-0.1, -0.05) is 0 Å². The summed E-state index contributed by atoms with van der Waals surface area (Å²) in [5.74, 6) is 2.15. The minimum atomic E-state index is -0.125. The van der Waals surface area contributed by atoms with Crippen molar-refractivity contribution in [2.45, 2.75) is 18.5 Å². The van der Waals surface area contributed by atoms with Crippen molar-refractivity contribution < 1.29 is 14.6 Å². The van der Waals surface area contributed by atoms with Gasteiger partial charge in [0.1, 0.15) is 6.61 Å². The van der Waals surface area contributed by atoms with Crippen LogP contribution in [0, 0.1) is 0 Å². The van der Waals surface area contributed by atoms with E-state index in [4.69, 9.17) is 9.84 Å². The van der Waals surface area contributed by atoms with Gasteiger partial charge in [0.05, 0.1) is 19.3 Å². The molecule has 0 aliphatic carbocycles. The van der Waals surface area contributed by atoms with Crippen LogP contribution in [0.4, 0.5) is 0 Å². The molecule has 2 aliphatic rings. The Morgan fingerprint density at radius 2 is 2.50 bits per heavy atom. The maximum Gasteiger partial charge on any atom is 0.249 e. The third-order valence-corrected chi connectivity index (χ3v) is 3.87. The molecular weight excluding hydrogens is 202 g/mol. The second kappa shape index (κ2) is 4.51. The first-order valence-corrected chi connectivity index (χ1v) is 6.06. The molecule has 2 saturated heterocycles. The third-order valence-electron chi connectivity index (χ3n) is 2.73. The first-order chi connectivity index (χ1) is 6.83. The van der Waals surface area contributed by atoms with E-state index in [1.54, 1.807) is 0 Å². The van der Waals surface area contributed by atoms with Crippen LogP contribution in [0.2, 0.25) is 0 Å². The molecule has 0 aromatic carbocycles. The van der Waals surface area contributed by atoms with Gasteiger partial charge < -0.3 is 14.7 Å². The summed E-state index contributed by atoms with van der Waals surface area (Å²) in [6, 6.07) is 0.188. The number of hydrogen-bond donors (Lipinski definition) is 1. The van der Waals surface area contributed by atoms with Crippen molar-refractivity contribution in [3.8, 4) is 0 Å². The van der Waals surface area contributed by atoms with Crippen LogP contribution < -0.4 is 0 Å². The standard InChI is InChI=1S/C9H15NO3S/c11-3-8-4-13-5-9(12)10(8)7-1-2-14-6-7/h7-8,11H,1-6H2. The van der Waals surface area contributed by atoms with Gasteiger partial charge in [-0.25, -0.2) is 0 Å². The van der Waals surface area contributed by atoms with E-state index in [0.29, 0.717) is 12.6 Å². The molecule has 14 heavy (non-hydrogen) atoms. The highest BCUT2D eigenvalue weighted by molar-refractivity contribution is 7.99. The number of ether oxygens (including phenoxy) is 1. The third kappa shape index (κ3) is 1.89. The highest BCUT2D eigenvalue weighted by Crippen LogP contribution is 2.25. The Kier molecular flexibility index (Phi) is 3.30. The number of rotatable bonds is 2. The van der Waals surface area contributed by atoms with E-state index in [-0.39, 0.29) is 25.2 Å². The lowest BCUT2D eigenvalue weighted by Gasteiger charge is -2.38. The molecule has 1 N–H and O–H groups in total. The number of nitrogens with zero attached hydrogens (tertiary/aromatic N) is 1. The lowest BCUT2D eigenvalue weighted by atomic mass is 10.1. The average molecular weight is 217 g/mol. The number of amides is 1. The summed E-state index contributed by atoms with van der Waals surface area (Å²) in [6.45, 7) is 0.661. The highest BCUT2D eigenvalue weighted by Gasteiger charge is 2.35. The Balaban J connectivity index is 2.06. The Hall–Kier alpha value is -0.260. The van der Waals surface area contributed by atoms with Gasteiger partial charge in [-0.05, 0) is 12.2 Å². The van der Waals surface area contributed by atoms with E-state index >= 15 is 0 Å². The predicted octanol–water partition coefficient (Wildman–Crippen LogP) is -0.288. The molecule has 0 aromatic heterocycles. The number of aliphatic hydroxyl groups is 1. The molecule has 0 spiro atoms. The number of carbonyl (C=O) groups is 1. The molecule has 5 heteroatoms. The van der Waals surface area contributed by atoms with Crippen LogP contribution in [0.3, 0.4) is 0 Å². The largest absolute Gasteiger partial charge is 0.394 e. The molecule has 2 fully saturated rings. The summed E-state index contributed by atoms with van der Waals surface area (Å²) in [7, 11) is 0. The number of aliphatic hydroxyl groups excluding tert-OH is 1. The van der Waals surface area contributed by atoms with Gasteiger partial charge in [0, 0.05) is 11.8 Å². The lowest BCUT2D eigenvalue weighted by molar-refractivity contribution is -0.153. The van der Waals surface area contributed by atoms with Gasteiger partial charge in [-0.2, -0.15) is 11.8 Å². The van der Waals surface area contributed by atoms with E-state index in [9.17, 15) is 4.79 Å². The predicted molar refractivity (Wildman–Crippen MR) is 54.3 cm³/mol. The van der Waals surface area contributed by atoms with Crippen LogP contribution in [-0.2, 0) is 9.53 Å². The summed E-state index contributed by atoms with van der Waals surface area (Å²) < 4.78 is 5.12. The highest BCUT2D eigenvalue weighted by atomic mass is 32.2. The zero-order valence-corrected chi connectivity index (χ0v) is 8.83. The SMILES string of the molecule is O=C1COCC(CO)N1C1CCSC1. The Labute approximate surface area is 87.6 Å². The Bertz CT molecular complexity index is 216. The summed E-state index contributed by atoms with van der Waals surface area (Å²) >= 11 is 1.87. The second-order valence-electron chi connectivity index (χ2n) is 3.67. The monoisotopic (exact) mass is 217 g/mol. The average Bonchev–Trinajstić information content (AvgIpc) is 2.70. The fourth-order valence-electron chi connectivity index (χ4n) is 2.02. The van der Waals surface area contributed by atoms with E-state index in [1.165, 1.54) is 0 Å². The van der Waals surface area contributed by atoms with Gasteiger partial charge in [0.15, 0.2) is 0 Å². The van der Waals surface area contributed by atoms with Gasteiger partial charge in [0.25, 0.3) is 0 Å². The number of carbonyl (C=O) groups excluding carboxylic acids is 1. The van der Waals surface area contributed by atoms with Crippen molar-refractivity contribution in [1.82, 2.24) is 4.90 Å². The van der Waals surface area contributed by atoms with E-state index in [2.05, 4.69) is 0 Å². The smallest absolute Gasteiger partial charge is 0.249 e. The summed E-state index contributed by atoms with van der Waals surface area (Å²) in [6.07, 6.45) is 1.05. The van der Waals surface area contributed by atoms with Crippen LogP contribution in [0.25, 0.3) is 0 Å². The minimum Gasteiger partial charge on any atom is -0.394 e. The van der Waals surface area contributed by atoms with E-state index < -0.39 is 0 Å². The molecule has 1 amide bonds. The van der Waals surface area contributed by atoms with Gasteiger partial charge in [-0.3, -0.25) is 4.79 Å². The maximum absolute atomic E-state index is 11.6. The van der Waals surface area contributed by atoms with Crippen molar-refractivity contribution in [3.05, 3.63) is 0 Å². The number of morpholine rings is 1. The van der Waals surface area contributed by atoms with Gasteiger partial charge in [0.2, 0.25) is 5.91 Å². The fraction of sp³-hybridized carbons (Fsp3) is 0.889. The Morgan fingerprint density at radius 1 is 1.64 bits per heavy atom. The van der Waals surface area contributed by atoms with E-state index in [0.717, 1.165) is 17.9 Å². The molecule has 80 valence electrons. The lowest BCUT2D eigenvalue weighted by Crippen LogP contribution is -2.55. The first-order valence-electron chi connectivity index (χ1n) is 4.90. The Morgan fingerprint density at radius 3 is 3.14 bits per heavy atom. The molecular formula is C9H15NO3S. The summed E-state index contributed by atoms with van der Waals surface area (Å²) in [5.41, 5.74) is 0. The van der Waals surface area contributed by atoms with E-state index in [1.807, 2.05) is 16.7 Å². The van der Waals surface area contributed by atoms with Crippen LogP contribution in [0.1, 0.15) is 6.42 Å². The molecule has 2 rings (SSSR count). The molecule has 0 bridgehead atoms. The van der Waals surface area contributed by atoms with Crippen LogP contribution in [0.5, 0.6) is 0 Å². The van der Waals surface area contributed by atoms with Crippen LogP contribution >= 0.6 is 11.8 Å². The molecule has 0 aromatic rings. The van der Waals surface area contributed by atoms with Gasteiger partial charge in [-0.15, -0.1) is 0 Å². The summed E-state index contributed by atoms with van der Waals surface area (Å²) in [4.78, 5) is 13.5. The number of thioether (sulfide) groups is 1. The van der Waals surface area contributed by atoms with Crippen LogP contribution in [0.15, 0.2) is 0 Å². The molecule has 2 heterocycles. The topological polar surface area (TPSA) is 49.8 Å². The molecule has 2 aliphatic heterocycles. The van der Waals surface area contributed by atoms with Crippen molar-refractivity contribution >= 4 is 17.7 Å². The van der Waals surface area contributed by atoms with Crippen molar-refractivity contribution in [2.75, 3.05) is 31.3 Å². The zero-order chi connectivity index (χ0) is 9.97. The van der Waals surface area contributed by atoms with Crippen molar-refractivity contribution in [1.29, 1.82) is 0 Å². The zero-order valence-electron chi connectivity index (χ0n) is 8.02. The van der Waals surface area contributed by atoms with Crippen LogP contribution in [-0.4, -0.2) is 59.3 Å². The minimum absolute atomic E-state index is 0.00685. The van der Waals surface area contributed by atoms with Gasteiger partial charge >= 0.3 is 0 Å². The maximum atomic E-state index is 11.6. The normalized spacial score (nSPS) is 33.8. The summed E-state index contributed by atoms with van der Waals surface area (Å²) in [5, 5.41) is 9.16. The quantitative estimate of drug-likeness (QED) is 0.690. The molecule has 2 unspecified atom stereocenters. The molecule has 4 nitrogen and oxygen atoms in total. The molecule has 0 saturated carbocycles. The molecule has 2 atom stereocenters. The van der Waals surface area contributed by atoms with Crippen molar-refractivity contribution in [2.24, 2.45) is 0 Å².